The van der Waals surface area contributed by atoms with Crippen molar-refractivity contribution in [1.29, 1.82) is 0 Å². The molecule has 0 amide bonds. The Balaban J connectivity index is 4.72. The van der Waals surface area contributed by atoms with Crippen molar-refractivity contribution in [1.82, 2.24) is 0 Å². The van der Waals surface area contributed by atoms with Crippen molar-refractivity contribution >= 4 is 15.0 Å². The molecule has 0 spiro atoms. The molecular weight excluding hydrogens is 298 g/mol. The highest BCUT2D eigenvalue weighted by atomic mass is 31.2. The zero-order chi connectivity index (χ0) is 15.5. The monoisotopic (exact) mass is 326 g/mol. The molecule has 0 aromatic rings. The van der Waals surface area contributed by atoms with Crippen LogP contribution in [0.5, 0.6) is 0 Å². The van der Waals surface area contributed by atoms with Crippen LogP contribution >= 0.6 is 15.0 Å². The minimum atomic E-state index is -3.33. The minimum Gasteiger partial charge on any atom is -0.328 e. The summed E-state index contributed by atoms with van der Waals surface area (Å²) in [7, 11) is -6.32. The van der Waals surface area contributed by atoms with Crippen LogP contribution in [0.15, 0.2) is 12.7 Å². The van der Waals surface area contributed by atoms with E-state index < -0.39 is 15.0 Å². The van der Waals surface area contributed by atoms with E-state index in [4.69, 9.17) is 13.6 Å². The molecule has 7 heteroatoms. The highest BCUT2D eigenvalue weighted by molar-refractivity contribution is 7.73. The summed E-state index contributed by atoms with van der Waals surface area (Å²) in [4.78, 5) is 0. The van der Waals surface area contributed by atoms with Crippen molar-refractivity contribution in [3.8, 4) is 0 Å². The lowest BCUT2D eigenvalue weighted by atomic mass is 10.2. The van der Waals surface area contributed by atoms with Crippen molar-refractivity contribution in [2.75, 3.05) is 31.9 Å². The molecule has 0 N–H and O–H groups in total. The second kappa shape index (κ2) is 10.8. The van der Waals surface area contributed by atoms with Crippen LogP contribution in [-0.4, -0.2) is 31.9 Å². The predicted octanol–water partition coefficient (Wildman–Crippen LogP) is 4.88. The fraction of sp³-hybridized carbons (Fsp3) is 0.846. The number of hydrogen-bond donors (Lipinski definition) is 0. The molecule has 0 heterocycles. The van der Waals surface area contributed by atoms with Gasteiger partial charge in [0.2, 0.25) is 7.37 Å². The van der Waals surface area contributed by atoms with Crippen molar-refractivity contribution < 1.29 is 22.7 Å². The van der Waals surface area contributed by atoms with Gasteiger partial charge in [0.25, 0.3) is 0 Å². The number of unbranched alkanes of at least 4 members (excludes halogenated alkanes) is 2. The van der Waals surface area contributed by atoms with Gasteiger partial charge in [-0.2, -0.15) is 0 Å². The number of allylic oxidation sites excluding steroid dienone is 1. The van der Waals surface area contributed by atoms with Gasteiger partial charge in [0.15, 0.2) is 0 Å². The Kier molecular flexibility index (Phi) is 10.8. The Bertz CT molecular complexity index is 347. The van der Waals surface area contributed by atoms with Crippen molar-refractivity contribution in [3.05, 3.63) is 12.7 Å². The van der Waals surface area contributed by atoms with Crippen LogP contribution in [0.3, 0.4) is 0 Å². The summed E-state index contributed by atoms with van der Waals surface area (Å²) in [6.45, 7) is 9.77. The lowest BCUT2D eigenvalue weighted by Crippen LogP contribution is -2.06. The second-order valence-electron chi connectivity index (χ2n) is 4.33. The van der Waals surface area contributed by atoms with Gasteiger partial charge in [-0.3, -0.25) is 9.13 Å². The van der Waals surface area contributed by atoms with Gasteiger partial charge in [0, 0.05) is 6.16 Å². The Morgan fingerprint density at radius 2 is 1.50 bits per heavy atom. The molecule has 5 nitrogen and oxygen atoms in total. The Hall–Kier alpha value is 0.0800. The zero-order valence-corrected chi connectivity index (χ0v) is 14.7. The van der Waals surface area contributed by atoms with Gasteiger partial charge in [-0.1, -0.05) is 6.08 Å². The molecular formula is C13H28O5P2. The molecule has 0 bridgehead atoms. The topological polar surface area (TPSA) is 61.8 Å². The smallest absolute Gasteiger partial charge is 0.328 e. The van der Waals surface area contributed by atoms with E-state index in [1.54, 1.807) is 20.8 Å². The van der Waals surface area contributed by atoms with Gasteiger partial charge >= 0.3 is 7.60 Å². The Labute approximate surface area is 123 Å². The highest BCUT2D eigenvalue weighted by Gasteiger charge is 2.36. The Morgan fingerprint density at radius 1 is 0.950 bits per heavy atom. The summed E-state index contributed by atoms with van der Waals surface area (Å²) < 4.78 is 41.0. The van der Waals surface area contributed by atoms with E-state index in [1.165, 1.54) is 0 Å². The number of hydrogen-bond acceptors (Lipinski definition) is 5. The Morgan fingerprint density at radius 3 is 1.95 bits per heavy atom. The molecule has 120 valence electrons. The highest BCUT2D eigenvalue weighted by Crippen LogP contribution is 2.63. The first-order valence-electron chi connectivity index (χ1n) is 7.17. The fourth-order valence-corrected chi connectivity index (χ4v) is 7.65. The third-order valence-electron chi connectivity index (χ3n) is 2.56. The third kappa shape index (κ3) is 8.39. The normalized spacial score (nSPS) is 14.9. The average molecular weight is 326 g/mol. The zero-order valence-electron chi connectivity index (χ0n) is 12.9. The molecule has 0 rings (SSSR count). The van der Waals surface area contributed by atoms with E-state index >= 15 is 0 Å². The molecule has 20 heavy (non-hydrogen) atoms. The molecule has 0 aliphatic carbocycles. The molecule has 0 aliphatic heterocycles. The van der Waals surface area contributed by atoms with Crippen LogP contribution in [0.4, 0.5) is 0 Å². The number of rotatable bonds is 13. The molecule has 1 atom stereocenters. The largest absolute Gasteiger partial charge is 0.340 e. The first-order valence-corrected chi connectivity index (χ1v) is 10.9. The van der Waals surface area contributed by atoms with Gasteiger partial charge in [-0.05, 0) is 40.0 Å². The van der Waals surface area contributed by atoms with E-state index in [0.29, 0.717) is 12.8 Å². The fourth-order valence-electron chi connectivity index (χ4n) is 1.83. The van der Waals surface area contributed by atoms with Crippen molar-refractivity contribution in [2.24, 2.45) is 0 Å². The minimum absolute atomic E-state index is 0.135. The second-order valence-corrected chi connectivity index (χ2v) is 9.53. The maximum atomic E-state index is 12.8. The summed E-state index contributed by atoms with van der Waals surface area (Å²) in [5.74, 6) is -0.135. The van der Waals surface area contributed by atoms with Gasteiger partial charge < -0.3 is 13.6 Å². The summed E-state index contributed by atoms with van der Waals surface area (Å²) in [6, 6.07) is 0. The molecule has 0 radical (unpaired) electrons. The van der Waals surface area contributed by atoms with Crippen LogP contribution < -0.4 is 0 Å². The van der Waals surface area contributed by atoms with E-state index in [0.717, 1.165) is 19.3 Å². The van der Waals surface area contributed by atoms with Gasteiger partial charge in [0.05, 0.1) is 19.8 Å². The molecule has 0 aromatic carbocycles. The van der Waals surface area contributed by atoms with E-state index in [2.05, 4.69) is 6.58 Å². The van der Waals surface area contributed by atoms with E-state index in [1.807, 2.05) is 6.08 Å². The summed E-state index contributed by atoms with van der Waals surface area (Å²) >= 11 is 0. The van der Waals surface area contributed by atoms with Gasteiger partial charge in [-0.25, -0.2) is 0 Å². The first-order chi connectivity index (χ1) is 9.45. The van der Waals surface area contributed by atoms with Crippen LogP contribution in [0.1, 0.15) is 40.0 Å². The third-order valence-corrected chi connectivity index (χ3v) is 8.70. The molecule has 0 saturated heterocycles. The first kappa shape index (κ1) is 20.1. The SMILES string of the molecule is C=CCCCCP(=O)(CP(=O)(OCC)OCC)OCC. The molecule has 0 aromatic heterocycles. The van der Waals surface area contributed by atoms with Crippen molar-refractivity contribution in [3.63, 3.8) is 0 Å². The molecule has 0 fully saturated rings. The quantitative estimate of drug-likeness (QED) is 0.274. The summed E-state index contributed by atoms with van der Waals surface area (Å²) in [6.07, 6.45) is 4.76. The lowest BCUT2D eigenvalue weighted by Gasteiger charge is -2.23. The van der Waals surface area contributed by atoms with Gasteiger partial charge in [0.1, 0.15) is 5.90 Å². The van der Waals surface area contributed by atoms with Crippen LogP contribution in [0.25, 0.3) is 0 Å². The summed E-state index contributed by atoms with van der Waals surface area (Å²) in [5, 5.41) is 0. The van der Waals surface area contributed by atoms with Crippen molar-refractivity contribution in [2.45, 2.75) is 40.0 Å². The molecule has 0 aliphatic rings. The predicted molar refractivity (Wildman–Crippen MR) is 83.9 cm³/mol. The summed E-state index contributed by atoms with van der Waals surface area (Å²) in [5.41, 5.74) is 0. The van der Waals surface area contributed by atoms with Crippen LogP contribution in [0, 0.1) is 0 Å². The average Bonchev–Trinajstić information content (AvgIpc) is 2.35. The standard InChI is InChI=1S/C13H28O5P2/c1-5-9-10-11-12-19(14,16-6-2)13-20(15,17-7-3)18-8-4/h5H,1,6-13H2,2-4H3. The maximum absolute atomic E-state index is 12.8. The molecule has 1 unspecified atom stereocenters. The molecule has 0 saturated carbocycles. The van der Waals surface area contributed by atoms with E-state index in [-0.39, 0.29) is 19.1 Å². The van der Waals surface area contributed by atoms with E-state index in [9.17, 15) is 9.13 Å². The van der Waals surface area contributed by atoms with Crippen LogP contribution in [0.2, 0.25) is 0 Å². The maximum Gasteiger partial charge on any atom is 0.340 e. The van der Waals surface area contributed by atoms with Gasteiger partial charge in [-0.15, -0.1) is 6.58 Å². The van der Waals surface area contributed by atoms with Crippen LogP contribution in [-0.2, 0) is 22.7 Å². The lowest BCUT2D eigenvalue weighted by molar-refractivity contribution is 0.222.